The fourth-order valence-corrected chi connectivity index (χ4v) is 1.71. The topological polar surface area (TPSA) is 32.3 Å². The van der Waals surface area contributed by atoms with Crippen molar-refractivity contribution in [1.29, 1.82) is 0 Å². The first-order valence-electron chi connectivity index (χ1n) is 5.66. The molecule has 0 saturated heterocycles. The van der Waals surface area contributed by atoms with Crippen LogP contribution in [0.4, 0.5) is 5.69 Å². The minimum absolute atomic E-state index is 0.105. The Labute approximate surface area is 113 Å². The first kappa shape index (κ1) is 14.5. The van der Waals surface area contributed by atoms with E-state index in [1.807, 2.05) is 17.0 Å². The molecule has 4 heteroatoms. The van der Waals surface area contributed by atoms with Crippen molar-refractivity contribution in [2.45, 2.75) is 0 Å². The Morgan fingerprint density at radius 2 is 1.89 bits per heavy atom. The highest BCUT2D eigenvalue weighted by molar-refractivity contribution is 6.33. The Bertz CT molecular complexity index is 422. The van der Waals surface area contributed by atoms with E-state index in [1.54, 1.807) is 24.3 Å². The number of carbonyl (C=O) groups is 1. The van der Waals surface area contributed by atoms with Gasteiger partial charge in [-0.3, -0.25) is 9.69 Å². The molecule has 0 aromatic heterocycles. The summed E-state index contributed by atoms with van der Waals surface area (Å²) in [5.41, 5.74) is 0.626. The summed E-state index contributed by atoms with van der Waals surface area (Å²) < 4.78 is 0. The zero-order valence-electron chi connectivity index (χ0n) is 10.2. The lowest BCUT2D eigenvalue weighted by Gasteiger charge is -2.18. The molecule has 0 aliphatic carbocycles. The Morgan fingerprint density at radius 3 is 2.44 bits per heavy atom. The van der Waals surface area contributed by atoms with Gasteiger partial charge in [0.25, 0.3) is 0 Å². The number of hydrogen-bond donors (Lipinski definition) is 1. The fourth-order valence-electron chi connectivity index (χ4n) is 1.52. The zero-order valence-corrected chi connectivity index (χ0v) is 11.0. The monoisotopic (exact) mass is 264 g/mol. The molecule has 1 aromatic rings. The molecule has 0 aliphatic heterocycles. The first-order valence-corrected chi connectivity index (χ1v) is 6.03. The minimum atomic E-state index is -0.105. The first-order chi connectivity index (χ1) is 8.67. The molecule has 1 N–H and O–H groups in total. The van der Waals surface area contributed by atoms with Gasteiger partial charge in [-0.05, 0) is 12.1 Å². The van der Waals surface area contributed by atoms with Crippen LogP contribution in [0.5, 0.6) is 0 Å². The quantitative estimate of drug-likeness (QED) is 0.768. The van der Waals surface area contributed by atoms with Crippen molar-refractivity contribution in [2.24, 2.45) is 0 Å². The Hall–Kier alpha value is -1.58. The van der Waals surface area contributed by atoms with Crippen molar-refractivity contribution in [3.8, 4) is 0 Å². The van der Waals surface area contributed by atoms with Gasteiger partial charge in [-0.25, -0.2) is 0 Å². The minimum Gasteiger partial charge on any atom is -0.324 e. The molecule has 1 aromatic carbocycles. The molecule has 0 saturated carbocycles. The Kier molecular flexibility index (Phi) is 6.19. The molecule has 0 heterocycles. The highest BCUT2D eigenvalue weighted by atomic mass is 35.5. The number of hydrogen-bond acceptors (Lipinski definition) is 2. The second-order valence-electron chi connectivity index (χ2n) is 3.80. The third-order valence-electron chi connectivity index (χ3n) is 2.29. The van der Waals surface area contributed by atoms with Crippen LogP contribution >= 0.6 is 11.6 Å². The second-order valence-corrected chi connectivity index (χ2v) is 4.21. The van der Waals surface area contributed by atoms with Gasteiger partial charge in [0.2, 0.25) is 5.91 Å². The normalized spacial score (nSPS) is 10.1. The molecule has 0 aliphatic rings. The summed E-state index contributed by atoms with van der Waals surface area (Å²) in [6.45, 7) is 8.88. The van der Waals surface area contributed by atoms with Gasteiger partial charge in [0, 0.05) is 13.1 Å². The smallest absolute Gasteiger partial charge is 0.238 e. The van der Waals surface area contributed by atoms with Gasteiger partial charge in [-0.15, -0.1) is 13.2 Å². The summed E-state index contributed by atoms with van der Waals surface area (Å²) in [5.74, 6) is -0.105. The highest BCUT2D eigenvalue weighted by Crippen LogP contribution is 2.20. The average molecular weight is 265 g/mol. The molecule has 1 amide bonds. The fraction of sp³-hybridized carbons (Fsp3) is 0.214. The largest absolute Gasteiger partial charge is 0.324 e. The van der Waals surface area contributed by atoms with E-state index in [2.05, 4.69) is 18.5 Å². The summed E-state index contributed by atoms with van der Waals surface area (Å²) in [6, 6.07) is 7.15. The van der Waals surface area contributed by atoms with Crippen LogP contribution < -0.4 is 5.32 Å². The molecule has 0 radical (unpaired) electrons. The van der Waals surface area contributed by atoms with Gasteiger partial charge >= 0.3 is 0 Å². The van der Waals surface area contributed by atoms with Gasteiger partial charge in [0.15, 0.2) is 0 Å². The second kappa shape index (κ2) is 7.69. The third-order valence-corrected chi connectivity index (χ3v) is 2.62. The maximum atomic E-state index is 11.8. The number of rotatable bonds is 7. The van der Waals surface area contributed by atoms with Gasteiger partial charge in [-0.1, -0.05) is 35.9 Å². The van der Waals surface area contributed by atoms with Crippen LogP contribution in [0.2, 0.25) is 5.02 Å². The van der Waals surface area contributed by atoms with Crippen molar-refractivity contribution in [2.75, 3.05) is 25.0 Å². The summed E-state index contributed by atoms with van der Waals surface area (Å²) in [6.07, 6.45) is 3.51. The Balaban J connectivity index is 2.57. The van der Waals surface area contributed by atoms with E-state index in [4.69, 9.17) is 11.6 Å². The maximum absolute atomic E-state index is 11.8. The van der Waals surface area contributed by atoms with E-state index in [-0.39, 0.29) is 12.5 Å². The number of benzene rings is 1. The summed E-state index contributed by atoms with van der Waals surface area (Å²) in [4.78, 5) is 13.8. The van der Waals surface area contributed by atoms with Crippen molar-refractivity contribution < 1.29 is 4.79 Å². The predicted octanol–water partition coefficient (Wildman–Crippen LogP) is 2.95. The van der Waals surface area contributed by atoms with Crippen LogP contribution in [-0.2, 0) is 4.79 Å². The van der Waals surface area contributed by atoms with Crippen LogP contribution in [0, 0.1) is 0 Å². The number of anilines is 1. The molecule has 0 spiro atoms. The van der Waals surface area contributed by atoms with Crippen LogP contribution in [0.1, 0.15) is 0 Å². The van der Waals surface area contributed by atoms with Gasteiger partial charge in [0.1, 0.15) is 0 Å². The number of para-hydroxylation sites is 1. The molecule has 0 fully saturated rings. The summed E-state index contributed by atoms with van der Waals surface area (Å²) >= 11 is 5.97. The Morgan fingerprint density at radius 1 is 1.28 bits per heavy atom. The van der Waals surface area contributed by atoms with Crippen molar-refractivity contribution in [1.82, 2.24) is 4.90 Å². The SMILES string of the molecule is C=CCN(CC=C)CC(=O)Nc1ccccc1Cl. The van der Waals surface area contributed by atoms with Crippen molar-refractivity contribution in [3.63, 3.8) is 0 Å². The van der Waals surface area contributed by atoms with E-state index in [0.29, 0.717) is 23.8 Å². The van der Waals surface area contributed by atoms with Crippen LogP contribution in [0.15, 0.2) is 49.6 Å². The predicted molar refractivity (Wildman–Crippen MR) is 76.9 cm³/mol. The summed E-state index contributed by atoms with van der Waals surface area (Å²) in [5, 5.41) is 3.31. The van der Waals surface area contributed by atoms with Crippen LogP contribution in [0.3, 0.4) is 0 Å². The summed E-state index contributed by atoms with van der Waals surface area (Å²) in [7, 11) is 0. The molecule has 0 bridgehead atoms. The molecule has 0 unspecified atom stereocenters. The molecular weight excluding hydrogens is 248 g/mol. The van der Waals surface area contributed by atoms with Crippen molar-refractivity contribution in [3.05, 3.63) is 54.6 Å². The maximum Gasteiger partial charge on any atom is 0.238 e. The lowest BCUT2D eigenvalue weighted by molar-refractivity contribution is -0.117. The van der Waals surface area contributed by atoms with Gasteiger partial charge < -0.3 is 5.32 Å². The third kappa shape index (κ3) is 4.73. The van der Waals surface area contributed by atoms with E-state index in [1.165, 1.54) is 0 Å². The van der Waals surface area contributed by atoms with Gasteiger partial charge in [0.05, 0.1) is 17.3 Å². The van der Waals surface area contributed by atoms with Crippen LogP contribution in [-0.4, -0.2) is 30.4 Å². The average Bonchev–Trinajstić information content (AvgIpc) is 2.33. The van der Waals surface area contributed by atoms with Gasteiger partial charge in [-0.2, -0.15) is 0 Å². The number of amides is 1. The van der Waals surface area contributed by atoms with E-state index in [0.717, 1.165) is 0 Å². The van der Waals surface area contributed by atoms with E-state index in [9.17, 15) is 4.79 Å². The molecule has 18 heavy (non-hydrogen) atoms. The van der Waals surface area contributed by atoms with Crippen molar-refractivity contribution >= 4 is 23.2 Å². The molecule has 3 nitrogen and oxygen atoms in total. The number of nitrogens with zero attached hydrogens (tertiary/aromatic N) is 1. The van der Waals surface area contributed by atoms with E-state index >= 15 is 0 Å². The molecule has 1 rings (SSSR count). The number of carbonyl (C=O) groups excluding carboxylic acids is 1. The lowest BCUT2D eigenvalue weighted by atomic mass is 10.3. The zero-order chi connectivity index (χ0) is 13.4. The lowest BCUT2D eigenvalue weighted by Crippen LogP contribution is -2.33. The highest BCUT2D eigenvalue weighted by Gasteiger charge is 2.09. The number of halogens is 1. The number of nitrogens with one attached hydrogen (secondary N) is 1. The van der Waals surface area contributed by atoms with Crippen LogP contribution in [0.25, 0.3) is 0 Å². The standard InChI is InChI=1S/C14H17ClN2O/c1-3-9-17(10-4-2)11-14(18)16-13-8-6-5-7-12(13)15/h3-8H,1-2,9-11H2,(H,16,18). The molecular formula is C14H17ClN2O. The molecule has 96 valence electrons. The van der Waals surface area contributed by atoms with E-state index < -0.39 is 0 Å². The molecule has 0 atom stereocenters.